The summed E-state index contributed by atoms with van der Waals surface area (Å²) in [5.41, 5.74) is 4.12. The van der Waals surface area contributed by atoms with Crippen LogP contribution >= 0.6 is 11.5 Å². The number of hydrogen-bond acceptors (Lipinski definition) is 7. The molecule has 4 rings (SSSR count). The molecule has 174 valence electrons. The van der Waals surface area contributed by atoms with Crippen LogP contribution in [0.3, 0.4) is 0 Å². The first kappa shape index (κ1) is 23.2. The van der Waals surface area contributed by atoms with Crippen LogP contribution in [0, 0.1) is 6.92 Å². The van der Waals surface area contributed by atoms with Gasteiger partial charge in [-0.15, -0.1) is 0 Å². The van der Waals surface area contributed by atoms with Gasteiger partial charge in [-0.1, -0.05) is 6.92 Å². The first-order valence-electron chi connectivity index (χ1n) is 11.3. The zero-order valence-corrected chi connectivity index (χ0v) is 20.4. The average molecular weight is 467 g/mol. The fraction of sp³-hybridized carbons (Fsp3) is 0.400. The highest BCUT2D eigenvalue weighted by molar-refractivity contribution is 7.09. The third-order valence-electron chi connectivity index (χ3n) is 5.80. The number of aryl methyl sites for hydroxylation is 1. The molecule has 33 heavy (non-hydrogen) atoms. The molecule has 1 aliphatic rings. The highest BCUT2D eigenvalue weighted by atomic mass is 32.1. The van der Waals surface area contributed by atoms with Crippen molar-refractivity contribution in [3.8, 4) is 11.5 Å². The summed E-state index contributed by atoms with van der Waals surface area (Å²) in [6.07, 6.45) is 2.78. The van der Waals surface area contributed by atoms with Crippen LogP contribution in [-0.2, 0) is 11.2 Å². The molecule has 2 aromatic carbocycles. The first-order chi connectivity index (χ1) is 16.0. The molecule has 1 aliphatic heterocycles. The molecule has 7 nitrogen and oxygen atoms in total. The van der Waals surface area contributed by atoms with E-state index in [0.717, 1.165) is 54.9 Å². The molecule has 0 aliphatic carbocycles. The molecule has 2 heterocycles. The number of nitrogens with zero attached hydrogens (tertiary/aromatic N) is 3. The lowest BCUT2D eigenvalue weighted by atomic mass is 9.86. The molecule has 0 radical (unpaired) electrons. The fourth-order valence-corrected chi connectivity index (χ4v) is 4.77. The monoisotopic (exact) mass is 466 g/mol. The van der Waals surface area contributed by atoms with E-state index in [1.807, 2.05) is 25.1 Å². The molecule has 8 heteroatoms. The smallest absolute Gasteiger partial charge is 0.253 e. The van der Waals surface area contributed by atoms with Crippen molar-refractivity contribution in [1.82, 2.24) is 14.3 Å². The maximum absolute atomic E-state index is 12.2. The zero-order chi connectivity index (χ0) is 23.4. The number of amides is 1. The van der Waals surface area contributed by atoms with Gasteiger partial charge < -0.3 is 19.7 Å². The Kier molecular flexibility index (Phi) is 7.25. The van der Waals surface area contributed by atoms with Crippen molar-refractivity contribution in [1.29, 1.82) is 0 Å². The summed E-state index contributed by atoms with van der Waals surface area (Å²) in [4.78, 5) is 18.2. The van der Waals surface area contributed by atoms with Crippen molar-refractivity contribution in [2.24, 2.45) is 0 Å². The molecule has 0 saturated carbocycles. The summed E-state index contributed by atoms with van der Waals surface area (Å²) < 4.78 is 16.3. The summed E-state index contributed by atoms with van der Waals surface area (Å²) in [5, 5.41) is 4.25. The minimum Gasteiger partial charge on any atom is -0.457 e. The lowest BCUT2D eigenvalue weighted by Crippen LogP contribution is -2.21. The summed E-state index contributed by atoms with van der Waals surface area (Å²) in [7, 11) is 3.50. The van der Waals surface area contributed by atoms with E-state index in [4.69, 9.17) is 9.47 Å². The molecule has 0 bridgehead atoms. The molecule has 1 saturated heterocycles. The number of hydrogen-bond donors (Lipinski definition) is 1. The van der Waals surface area contributed by atoms with Gasteiger partial charge in [-0.25, -0.2) is 4.98 Å². The van der Waals surface area contributed by atoms with Crippen LogP contribution in [0.4, 0.5) is 10.8 Å². The Labute approximate surface area is 198 Å². The second kappa shape index (κ2) is 10.3. The summed E-state index contributed by atoms with van der Waals surface area (Å²) in [6.45, 7) is 5.56. The number of aromatic nitrogens is 2. The predicted octanol–water partition coefficient (Wildman–Crippen LogP) is 5.54. The summed E-state index contributed by atoms with van der Waals surface area (Å²) in [5.74, 6) is 2.66. The molecule has 0 unspecified atom stereocenters. The molecule has 1 N–H and O–H groups in total. The lowest BCUT2D eigenvalue weighted by Gasteiger charge is -2.28. The van der Waals surface area contributed by atoms with Crippen LogP contribution in [-0.4, -0.2) is 47.5 Å². The maximum atomic E-state index is 12.2. The molecular formula is C25H30N4O3S. The minimum absolute atomic E-state index is 0.0277. The van der Waals surface area contributed by atoms with Crippen LogP contribution in [0.15, 0.2) is 36.4 Å². The van der Waals surface area contributed by atoms with Crippen LogP contribution in [0.5, 0.6) is 11.5 Å². The normalized spacial score (nSPS) is 14.2. The average Bonchev–Trinajstić information content (AvgIpc) is 3.24. The van der Waals surface area contributed by atoms with Crippen LogP contribution in [0.1, 0.15) is 53.0 Å². The van der Waals surface area contributed by atoms with E-state index in [9.17, 15) is 4.79 Å². The molecule has 1 aromatic heterocycles. The van der Waals surface area contributed by atoms with E-state index < -0.39 is 0 Å². The molecular weight excluding hydrogens is 436 g/mol. The Morgan fingerprint density at radius 3 is 2.52 bits per heavy atom. The van der Waals surface area contributed by atoms with Crippen LogP contribution in [0.25, 0.3) is 0 Å². The standard InChI is InChI=1S/C25H30N4O3S/c1-5-20-21(27-25-26-16(2)28-33-25)10-11-22(23(20)17-12-14-31-15-13-17)32-19-8-6-18(7-9-19)24(30)29(3)4/h6-11,17H,5,12-15H2,1-4H3,(H,26,27,28). The third-order valence-corrected chi connectivity index (χ3v) is 6.53. The second-order valence-electron chi connectivity index (χ2n) is 8.34. The molecule has 0 spiro atoms. The highest BCUT2D eigenvalue weighted by Crippen LogP contribution is 2.42. The van der Waals surface area contributed by atoms with Gasteiger partial charge in [0.2, 0.25) is 5.13 Å². The van der Waals surface area contributed by atoms with Crippen molar-refractivity contribution >= 4 is 28.3 Å². The highest BCUT2D eigenvalue weighted by Gasteiger charge is 2.25. The lowest BCUT2D eigenvalue weighted by molar-refractivity contribution is 0.0827. The number of carbonyl (C=O) groups excluding carboxylic acids is 1. The van der Waals surface area contributed by atoms with Gasteiger partial charge in [0.1, 0.15) is 17.3 Å². The quantitative estimate of drug-likeness (QED) is 0.493. The molecule has 1 amide bonds. The third kappa shape index (κ3) is 5.34. The summed E-state index contributed by atoms with van der Waals surface area (Å²) in [6, 6.07) is 11.4. The SMILES string of the molecule is CCc1c(Nc2nc(C)ns2)ccc(Oc2ccc(C(=O)N(C)C)cc2)c1C1CCOCC1. The number of nitrogens with one attached hydrogen (secondary N) is 1. The van der Waals surface area contributed by atoms with E-state index in [-0.39, 0.29) is 5.91 Å². The Balaban J connectivity index is 1.68. The van der Waals surface area contributed by atoms with Gasteiger partial charge in [0.05, 0.1) is 0 Å². The van der Waals surface area contributed by atoms with E-state index in [2.05, 4.69) is 27.7 Å². The van der Waals surface area contributed by atoms with Gasteiger partial charge in [0.25, 0.3) is 5.91 Å². The van der Waals surface area contributed by atoms with Crippen molar-refractivity contribution in [2.75, 3.05) is 32.6 Å². The molecule has 3 aromatic rings. The maximum Gasteiger partial charge on any atom is 0.253 e. The number of ether oxygens (including phenoxy) is 2. The van der Waals surface area contributed by atoms with E-state index in [0.29, 0.717) is 17.2 Å². The van der Waals surface area contributed by atoms with Crippen LogP contribution < -0.4 is 10.1 Å². The van der Waals surface area contributed by atoms with E-state index in [1.54, 1.807) is 31.1 Å². The second-order valence-corrected chi connectivity index (χ2v) is 9.09. The minimum atomic E-state index is -0.0277. The topological polar surface area (TPSA) is 76.6 Å². The largest absolute Gasteiger partial charge is 0.457 e. The van der Waals surface area contributed by atoms with Crippen molar-refractivity contribution in [3.63, 3.8) is 0 Å². The van der Waals surface area contributed by atoms with Gasteiger partial charge in [-0.2, -0.15) is 4.37 Å². The van der Waals surface area contributed by atoms with E-state index >= 15 is 0 Å². The van der Waals surface area contributed by atoms with Crippen molar-refractivity contribution in [2.45, 2.75) is 39.0 Å². The Bertz CT molecular complexity index is 1110. The fourth-order valence-electron chi connectivity index (χ4n) is 4.18. The molecule has 0 atom stereocenters. The number of carbonyl (C=O) groups is 1. The zero-order valence-electron chi connectivity index (χ0n) is 19.6. The Morgan fingerprint density at radius 2 is 1.91 bits per heavy atom. The molecule has 1 fully saturated rings. The van der Waals surface area contributed by atoms with Crippen molar-refractivity contribution in [3.05, 3.63) is 58.9 Å². The van der Waals surface area contributed by atoms with E-state index in [1.165, 1.54) is 22.7 Å². The van der Waals surface area contributed by atoms with Gasteiger partial charge in [-0.3, -0.25) is 4.79 Å². The number of benzene rings is 2. The van der Waals surface area contributed by atoms with Crippen molar-refractivity contribution < 1.29 is 14.3 Å². The first-order valence-corrected chi connectivity index (χ1v) is 12.0. The van der Waals surface area contributed by atoms with Crippen LogP contribution in [0.2, 0.25) is 0 Å². The number of anilines is 2. The van der Waals surface area contributed by atoms with Gasteiger partial charge in [0, 0.05) is 55.7 Å². The summed E-state index contributed by atoms with van der Waals surface area (Å²) >= 11 is 1.36. The van der Waals surface area contributed by atoms with Gasteiger partial charge >= 0.3 is 0 Å². The van der Waals surface area contributed by atoms with Gasteiger partial charge in [-0.05, 0) is 74.1 Å². The Hall–Kier alpha value is -2.97. The Morgan fingerprint density at radius 1 is 1.18 bits per heavy atom. The number of rotatable bonds is 7. The van der Waals surface area contributed by atoms with Gasteiger partial charge in [0.15, 0.2) is 0 Å². The predicted molar refractivity (Wildman–Crippen MR) is 131 cm³/mol.